The summed E-state index contributed by atoms with van der Waals surface area (Å²) in [5, 5.41) is 3.67. The Hall–Kier alpha value is -0.540. The van der Waals surface area contributed by atoms with Crippen molar-refractivity contribution < 1.29 is 4.39 Å². The van der Waals surface area contributed by atoms with Gasteiger partial charge in [-0.05, 0) is 48.5 Å². The topological polar surface area (TPSA) is 12.0 Å². The summed E-state index contributed by atoms with van der Waals surface area (Å²) < 4.78 is 13.2. The van der Waals surface area contributed by atoms with Crippen LogP contribution in [-0.2, 0) is 0 Å². The van der Waals surface area contributed by atoms with E-state index in [0.717, 1.165) is 12.0 Å². The van der Waals surface area contributed by atoms with Crippen molar-refractivity contribution >= 4 is 11.8 Å². The van der Waals surface area contributed by atoms with Crippen LogP contribution in [0.3, 0.4) is 0 Å². The van der Waals surface area contributed by atoms with Crippen LogP contribution < -0.4 is 5.32 Å². The molecule has 0 amide bonds. The Labute approximate surface area is 107 Å². The van der Waals surface area contributed by atoms with E-state index in [1.54, 1.807) is 12.1 Å². The van der Waals surface area contributed by atoms with Gasteiger partial charge in [0.25, 0.3) is 0 Å². The van der Waals surface area contributed by atoms with E-state index in [1.165, 1.54) is 30.4 Å². The molecule has 1 heterocycles. The molecule has 0 aliphatic carbocycles. The minimum atomic E-state index is -0.137. The first-order valence-corrected chi connectivity index (χ1v) is 7.54. The van der Waals surface area contributed by atoms with E-state index in [4.69, 9.17) is 0 Å². The molecule has 1 saturated heterocycles. The van der Waals surface area contributed by atoms with E-state index >= 15 is 0 Å². The lowest BCUT2D eigenvalue weighted by Gasteiger charge is -2.28. The maximum absolute atomic E-state index is 13.2. The van der Waals surface area contributed by atoms with Crippen LogP contribution in [-0.4, -0.2) is 17.5 Å². The van der Waals surface area contributed by atoms with E-state index in [1.807, 2.05) is 17.8 Å². The molecule has 2 rings (SSSR count). The minimum Gasteiger partial charge on any atom is -0.307 e. The van der Waals surface area contributed by atoms with Gasteiger partial charge in [-0.3, -0.25) is 0 Å². The van der Waals surface area contributed by atoms with E-state index < -0.39 is 0 Å². The van der Waals surface area contributed by atoms with Crippen LogP contribution in [0, 0.1) is 5.82 Å². The monoisotopic (exact) mass is 253 g/mol. The predicted molar refractivity (Wildman–Crippen MR) is 72.9 cm³/mol. The number of benzene rings is 1. The number of hydrogen-bond donors (Lipinski definition) is 1. The Bertz CT molecular complexity index is 350. The summed E-state index contributed by atoms with van der Waals surface area (Å²) in [5.74, 6) is 2.36. The lowest BCUT2D eigenvalue weighted by Crippen LogP contribution is -2.35. The van der Waals surface area contributed by atoms with Crippen molar-refractivity contribution in [2.24, 2.45) is 0 Å². The largest absolute Gasteiger partial charge is 0.307 e. The molecule has 1 aliphatic heterocycles. The second kappa shape index (κ2) is 6.41. The SMILES string of the molecule is CCC(NC1CCSCC1)c1cccc(F)c1. The summed E-state index contributed by atoms with van der Waals surface area (Å²) in [6, 6.07) is 7.86. The van der Waals surface area contributed by atoms with Crippen molar-refractivity contribution in [3.8, 4) is 0 Å². The van der Waals surface area contributed by atoms with Gasteiger partial charge < -0.3 is 5.32 Å². The van der Waals surface area contributed by atoms with Gasteiger partial charge in [0.15, 0.2) is 0 Å². The van der Waals surface area contributed by atoms with Crippen LogP contribution in [0.1, 0.15) is 37.8 Å². The second-order valence-electron chi connectivity index (χ2n) is 4.57. The van der Waals surface area contributed by atoms with E-state index in [2.05, 4.69) is 12.2 Å². The third kappa shape index (κ3) is 3.71. The summed E-state index contributed by atoms with van der Waals surface area (Å²) in [7, 11) is 0. The van der Waals surface area contributed by atoms with Crippen molar-refractivity contribution in [1.82, 2.24) is 5.32 Å². The molecule has 0 radical (unpaired) electrons. The zero-order valence-electron chi connectivity index (χ0n) is 10.3. The Morgan fingerprint density at radius 2 is 2.18 bits per heavy atom. The highest BCUT2D eigenvalue weighted by Crippen LogP contribution is 2.23. The second-order valence-corrected chi connectivity index (χ2v) is 5.79. The molecular formula is C14H20FNS. The third-order valence-corrected chi connectivity index (χ3v) is 4.37. The molecule has 0 spiro atoms. The molecule has 3 heteroatoms. The molecule has 1 atom stereocenters. The van der Waals surface area contributed by atoms with Crippen LogP contribution in [0.4, 0.5) is 4.39 Å². The molecule has 1 aliphatic rings. The fourth-order valence-electron chi connectivity index (χ4n) is 2.32. The molecule has 17 heavy (non-hydrogen) atoms. The number of nitrogens with one attached hydrogen (secondary N) is 1. The van der Waals surface area contributed by atoms with Crippen LogP contribution in [0.25, 0.3) is 0 Å². The van der Waals surface area contributed by atoms with Gasteiger partial charge in [-0.15, -0.1) is 0 Å². The van der Waals surface area contributed by atoms with Gasteiger partial charge in [0.1, 0.15) is 5.82 Å². The minimum absolute atomic E-state index is 0.137. The normalized spacial score (nSPS) is 19.2. The summed E-state index contributed by atoms with van der Waals surface area (Å²) in [6.45, 7) is 2.15. The Kier molecular flexibility index (Phi) is 4.86. The van der Waals surface area contributed by atoms with Crippen LogP contribution >= 0.6 is 11.8 Å². The zero-order chi connectivity index (χ0) is 12.1. The highest BCUT2D eigenvalue weighted by atomic mass is 32.2. The molecule has 1 aromatic carbocycles. The Morgan fingerprint density at radius 1 is 1.41 bits per heavy atom. The van der Waals surface area contributed by atoms with Crippen molar-refractivity contribution in [1.29, 1.82) is 0 Å². The first-order valence-electron chi connectivity index (χ1n) is 6.39. The Morgan fingerprint density at radius 3 is 2.82 bits per heavy atom. The first-order chi connectivity index (χ1) is 8.29. The maximum atomic E-state index is 13.2. The van der Waals surface area contributed by atoms with Crippen molar-refractivity contribution in [2.45, 2.75) is 38.3 Å². The highest BCUT2D eigenvalue weighted by molar-refractivity contribution is 7.99. The summed E-state index contributed by atoms with van der Waals surface area (Å²) in [5.41, 5.74) is 1.07. The lowest BCUT2D eigenvalue weighted by atomic mass is 10.0. The van der Waals surface area contributed by atoms with E-state index in [0.29, 0.717) is 12.1 Å². The molecular weight excluding hydrogens is 233 g/mol. The first kappa shape index (κ1) is 12.9. The van der Waals surface area contributed by atoms with Crippen LogP contribution in [0.5, 0.6) is 0 Å². The third-order valence-electron chi connectivity index (χ3n) is 3.32. The highest BCUT2D eigenvalue weighted by Gasteiger charge is 2.18. The average molecular weight is 253 g/mol. The smallest absolute Gasteiger partial charge is 0.123 e. The molecule has 0 saturated carbocycles. The molecule has 1 aromatic rings. The van der Waals surface area contributed by atoms with Crippen molar-refractivity contribution in [2.75, 3.05) is 11.5 Å². The molecule has 1 N–H and O–H groups in total. The van der Waals surface area contributed by atoms with Gasteiger partial charge in [0, 0.05) is 12.1 Å². The number of halogens is 1. The number of rotatable bonds is 4. The van der Waals surface area contributed by atoms with E-state index in [9.17, 15) is 4.39 Å². The van der Waals surface area contributed by atoms with Gasteiger partial charge in [-0.1, -0.05) is 19.1 Å². The summed E-state index contributed by atoms with van der Waals surface area (Å²) in [4.78, 5) is 0. The quantitative estimate of drug-likeness (QED) is 0.877. The lowest BCUT2D eigenvalue weighted by molar-refractivity contribution is 0.405. The molecule has 0 aromatic heterocycles. The van der Waals surface area contributed by atoms with Crippen LogP contribution in [0.2, 0.25) is 0 Å². The molecule has 1 nitrogen and oxygen atoms in total. The summed E-state index contributed by atoms with van der Waals surface area (Å²) in [6.07, 6.45) is 3.47. The van der Waals surface area contributed by atoms with Gasteiger partial charge in [0.2, 0.25) is 0 Å². The zero-order valence-corrected chi connectivity index (χ0v) is 11.1. The van der Waals surface area contributed by atoms with Crippen LogP contribution in [0.15, 0.2) is 24.3 Å². The fourth-order valence-corrected chi connectivity index (χ4v) is 3.43. The fraction of sp³-hybridized carbons (Fsp3) is 0.571. The predicted octanol–water partition coefficient (Wildman–Crippen LogP) is 3.76. The maximum Gasteiger partial charge on any atom is 0.123 e. The van der Waals surface area contributed by atoms with Gasteiger partial charge in [-0.25, -0.2) is 4.39 Å². The summed E-state index contributed by atoms with van der Waals surface area (Å²) >= 11 is 2.03. The molecule has 1 unspecified atom stereocenters. The Balaban J connectivity index is 2.00. The molecule has 1 fully saturated rings. The van der Waals surface area contributed by atoms with E-state index in [-0.39, 0.29) is 5.82 Å². The van der Waals surface area contributed by atoms with Gasteiger partial charge in [0.05, 0.1) is 0 Å². The number of thioether (sulfide) groups is 1. The molecule has 0 bridgehead atoms. The van der Waals surface area contributed by atoms with Crippen molar-refractivity contribution in [3.05, 3.63) is 35.6 Å². The molecule has 94 valence electrons. The van der Waals surface area contributed by atoms with Gasteiger partial charge >= 0.3 is 0 Å². The standard InChI is InChI=1S/C14H20FNS/c1-2-14(11-4-3-5-12(15)10-11)16-13-6-8-17-9-7-13/h3-5,10,13-14,16H,2,6-9H2,1H3. The average Bonchev–Trinajstić information content (AvgIpc) is 2.37. The van der Waals surface area contributed by atoms with Crippen molar-refractivity contribution in [3.63, 3.8) is 0 Å². The van der Waals surface area contributed by atoms with Gasteiger partial charge in [-0.2, -0.15) is 11.8 Å². The number of hydrogen-bond acceptors (Lipinski definition) is 2.